The first-order valence-electron chi connectivity index (χ1n) is 6.67. The Morgan fingerprint density at radius 1 is 1.06 bits per heavy atom. The minimum atomic E-state index is -0.0817. The van der Waals surface area contributed by atoms with E-state index in [9.17, 15) is 4.79 Å². The van der Waals surface area contributed by atoms with Gasteiger partial charge >= 0.3 is 5.97 Å². The predicted molar refractivity (Wildman–Crippen MR) is 68.4 cm³/mol. The highest BCUT2D eigenvalue weighted by Gasteiger charge is 2.17. The molecular formula is C14H28O2. The maximum atomic E-state index is 11.0. The summed E-state index contributed by atoms with van der Waals surface area (Å²) in [6.07, 6.45) is 7.94. The second-order valence-electron chi connectivity index (χ2n) is 5.30. The summed E-state index contributed by atoms with van der Waals surface area (Å²) in [4.78, 5) is 11.0. The van der Waals surface area contributed by atoms with E-state index in [0.717, 1.165) is 6.42 Å². The van der Waals surface area contributed by atoms with Gasteiger partial charge in [-0.25, -0.2) is 0 Å². The van der Waals surface area contributed by atoms with E-state index in [1.165, 1.54) is 32.1 Å². The van der Waals surface area contributed by atoms with Gasteiger partial charge in [0.05, 0.1) is 6.61 Å². The van der Waals surface area contributed by atoms with Crippen molar-refractivity contribution in [1.82, 2.24) is 0 Å². The van der Waals surface area contributed by atoms with Crippen LogP contribution in [0.2, 0.25) is 0 Å². The van der Waals surface area contributed by atoms with Crippen molar-refractivity contribution in [3.05, 3.63) is 0 Å². The summed E-state index contributed by atoms with van der Waals surface area (Å²) in [6.45, 7) is 9.17. The van der Waals surface area contributed by atoms with Crippen molar-refractivity contribution in [2.75, 3.05) is 6.61 Å². The zero-order chi connectivity index (χ0) is 12.4. The number of rotatable bonds is 9. The lowest BCUT2D eigenvalue weighted by Gasteiger charge is -2.24. The minimum absolute atomic E-state index is 0.0817. The van der Waals surface area contributed by atoms with Gasteiger partial charge in [0.2, 0.25) is 0 Å². The fourth-order valence-corrected chi connectivity index (χ4v) is 1.70. The fraction of sp³-hybridized carbons (Fsp3) is 0.929. The molecule has 0 bridgehead atoms. The molecule has 0 spiro atoms. The van der Waals surface area contributed by atoms with E-state index in [1.54, 1.807) is 0 Å². The first-order chi connectivity index (χ1) is 7.52. The van der Waals surface area contributed by atoms with Gasteiger partial charge in [0.25, 0.3) is 0 Å². The van der Waals surface area contributed by atoms with E-state index in [1.807, 2.05) is 6.92 Å². The molecular weight excluding hydrogens is 200 g/mol. The number of carbonyl (C=O) groups excluding carboxylic acids is 1. The SMILES string of the molecule is CCCCCCC(C)(C)CCOC(=O)CC. The Morgan fingerprint density at radius 3 is 2.31 bits per heavy atom. The predicted octanol–water partition coefficient (Wildman–Crippen LogP) is 4.33. The molecule has 0 radical (unpaired) electrons. The van der Waals surface area contributed by atoms with Gasteiger partial charge in [-0.15, -0.1) is 0 Å². The number of hydrogen-bond acceptors (Lipinski definition) is 2. The van der Waals surface area contributed by atoms with Crippen LogP contribution in [0.4, 0.5) is 0 Å². The van der Waals surface area contributed by atoms with Crippen LogP contribution in [0.25, 0.3) is 0 Å². The molecule has 0 atom stereocenters. The Kier molecular flexibility index (Phi) is 8.32. The summed E-state index contributed by atoms with van der Waals surface area (Å²) in [6, 6.07) is 0. The highest BCUT2D eigenvalue weighted by atomic mass is 16.5. The van der Waals surface area contributed by atoms with Gasteiger partial charge < -0.3 is 4.74 Å². The molecule has 0 N–H and O–H groups in total. The van der Waals surface area contributed by atoms with Crippen molar-refractivity contribution in [3.8, 4) is 0 Å². The summed E-state index contributed by atoms with van der Waals surface area (Å²) < 4.78 is 5.12. The van der Waals surface area contributed by atoms with Crippen LogP contribution >= 0.6 is 0 Å². The summed E-state index contributed by atoms with van der Waals surface area (Å²) >= 11 is 0. The van der Waals surface area contributed by atoms with Gasteiger partial charge in [-0.2, -0.15) is 0 Å². The Labute approximate surface area is 101 Å². The molecule has 2 heteroatoms. The molecule has 0 aromatic carbocycles. The number of unbranched alkanes of at least 4 members (excludes halogenated alkanes) is 3. The monoisotopic (exact) mass is 228 g/mol. The molecule has 0 rings (SSSR count). The van der Waals surface area contributed by atoms with Crippen molar-refractivity contribution in [2.45, 2.75) is 72.6 Å². The third-order valence-corrected chi connectivity index (χ3v) is 3.04. The molecule has 0 saturated carbocycles. The van der Waals surface area contributed by atoms with Crippen LogP contribution < -0.4 is 0 Å². The van der Waals surface area contributed by atoms with E-state index in [0.29, 0.717) is 18.4 Å². The van der Waals surface area contributed by atoms with Crippen molar-refractivity contribution in [3.63, 3.8) is 0 Å². The maximum Gasteiger partial charge on any atom is 0.305 e. The standard InChI is InChI=1S/C14H28O2/c1-5-7-8-9-10-14(3,4)11-12-16-13(15)6-2/h5-12H2,1-4H3. The molecule has 0 unspecified atom stereocenters. The molecule has 0 amide bonds. The van der Waals surface area contributed by atoms with Crippen molar-refractivity contribution in [2.24, 2.45) is 5.41 Å². The van der Waals surface area contributed by atoms with Crippen LogP contribution in [0, 0.1) is 5.41 Å². The van der Waals surface area contributed by atoms with Gasteiger partial charge in [-0.05, 0) is 18.3 Å². The normalized spacial score (nSPS) is 11.5. The molecule has 0 aliphatic carbocycles. The topological polar surface area (TPSA) is 26.3 Å². The van der Waals surface area contributed by atoms with Gasteiger partial charge in [-0.1, -0.05) is 53.4 Å². The maximum absolute atomic E-state index is 11.0. The lowest BCUT2D eigenvalue weighted by Crippen LogP contribution is -2.16. The van der Waals surface area contributed by atoms with Crippen molar-refractivity contribution in [1.29, 1.82) is 0 Å². The third kappa shape index (κ3) is 8.75. The molecule has 0 heterocycles. The smallest absolute Gasteiger partial charge is 0.305 e. The molecule has 0 aromatic heterocycles. The zero-order valence-electron chi connectivity index (χ0n) is 11.5. The van der Waals surface area contributed by atoms with Gasteiger partial charge in [0, 0.05) is 6.42 Å². The molecule has 0 aromatic rings. The average Bonchev–Trinajstić information content (AvgIpc) is 2.24. The molecule has 2 nitrogen and oxygen atoms in total. The van der Waals surface area contributed by atoms with Crippen LogP contribution in [-0.4, -0.2) is 12.6 Å². The summed E-state index contributed by atoms with van der Waals surface area (Å²) in [5.41, 5.74) is 0.307. The minimum Gasteiger partial charge on any atom is -0.466 e. The van der Waals surface area contributed by atoms with Crippen LogP contribution in [0.3, 0.4) is 0 Å². The highest BCUT2D eigenvalue weighted by Crippen LogP contribution is 2.27. The van der Waals surface area contributed by atoms with E-state index in [4.69, 9.17) is 4.74 Å². The number of hydrogen-bond donors (Lipinski definition) is 0. The second-order valence-corrected chi connectivity index (χ2v) is 5.30. The van der Waals surface area contributed by atoms with E-state index in [-0.39, 0.29) is 5.97 Å². The quantitative estimate of drug-likeness (QED) is 0.434. The van der Waals surface area contributed by atoms with Gasteiger partial charge in [0.1, 0.15) is 0 Å². The Morgan fingerprint density at radius 2 is 1.75 bits per heavy atom. The van der Waals surface area contributed by atoms with Gasteiger partial charge in [-0.3, -0.25) is 4.79 Å². The Balaban J connectivity index is 3.57. The number of carbonyl (C=O) groups is 1. The molecule has 0 fully saturated rings. The lowest BCUT2D eigenvalue weighted by atomic mass is 9.84. The van der Waals surface area contributed by atoms with Crippen LogP contribution in [0.5, 0.6) is 0 Å². The van der Waals surface area contributed by atoms with E-state index >= 15 is 0 Å². The highest BCUT2D eigenvalue weighted by molar-refractivity contribution is 5.68. The first-order valence-corrected chi connectivity index (χ1v) is 6.67. The van der Waals surface area contributed by atoms with E-state index < -0.39 is 0 Å². The second kappa shape index (κ2) is 8.60. The fourth-order valence-electron chi connectivity index (χ4n) is 1.70. The van der Waals surface area contributed by atoms with Crippen LogP contribution in [0.15, 0.2) is 0 Å². The van der Waals surface area contributed by atoms with Crippen molar-refractivity contribution < 1.29 is 9.53 Å². The average molecular weight is 228 g/mol. The number of ether oxygens (including phenoxy) is 1. The van der Waals surface area contributed by atoms with E-state index in [2.05, 4.69) is 20.8 Å². The lowest BCUT2D eigenvalue weighted by molar-refractivity contribution is -0.143. The largest absolute Gasteiger partial charge is 0.466 e. The summed E-state index contributed by atoms with van der Waals surface area (Å²) in [5.74, 6) is -0.0817. The zero-order valence-corrected chi connectivity index (χ0v) is 11.5. The first kappa shape index (κ1) is 15.5. The Hall–Kier alpha value is -0.530. The van der Waals surface area contributed by atoms with Crippen molar-refractivity contribution >= 4 is 5.97 Å². The van der Waals surface area contributed by atoms with Crippen LogP contribution in [0.1, 0.15) is 72.6 Å². The molecule has 96 valence electrons. The summed E-state index contributed by atoms with van der Waals surface area (Å²) in [7, 11) is 0. The molecule has 0 aliphatic heterocycles. The third-order valence-electron chi connectivity index (χ3n) is 3.04. The molecule has 16 heavy (non-hydrogen) atoms. The Bertz CT molecular complexity index is 185. The summed E-state index contributed by atoms with van der Waals surface area (Å²) in [5, 5.41) is 0. The number of esters is 1. The van der Waals surface area contributed by atoms with Crippen LogP contribution in [-0.2, 0) is 9.53 Å². The molecule has 0 aliphatic rings. The molecule has 0 saturated heterocycles. The van der Waals surface area contributed by atoms with Gasteiger partial charge in [0.15, 0.2) is 0 Å².